The van der Waals surface area contributed by atoms with Crippen molar-refractivity contribution in [1.29, 1.82) is 0 Å². The zero-order valence-corrected chi connectivity index (χ0v) is 8.51. The van der Waals surface area contributed by atoms with E-state index in [0.29, 0.717) is 12.0 Å². The fraction of sp³-hybridized carbons (Fsp3) is 0.750. The maximum atomic E-state index is 11.3. The summed E-state index contributed by atoms with van der Waals surface area (Å²) in [4.78, 5) is 11.3. The van der Waals surface area contributed by atoms with Gasteiger partial charge in [-0.1, -0.05) is 11.1 Å². The van der Waals surface area contributed by atoms with Gasteiger partial charge in [-0.3, -0.25) is 4.79 Å². The molecule has 1 fully saturated rings. The highest BCUT2D eigenvalue weighted by Crippen LogP contribution is 2.41. The van der Waals surface area contributed by atoms with Crippen LogP contribution in [0, 0.1) is 5.92 Å². The van der Waals surface area contributed by atoms with Gasteiger partial charge in [0.15, 0.2) is 0 Å². The van der Waals surface area contributed by atoms with E-state index < -0.39 is 0 Å². The number of carbonyl (C=O) groups is 1. The molecule has 3 rings (SSSR count). The van der Waals surface area contributed by atoms with Crippen LogP contribution in [0.5, 0.6) is 0 Å². The summed E-state index contributed by atoms with van der Waals surface area (Å²) in [6.07, 6.45) is 8.49. The molecule has 1 aliphatic heterocycles. The molecule has 0 aromatic rings. The van der Waals surface area contributed by atoms with Crippen molar-refractivity contribution in [2.24, 2.45) is 5.92 Å². The Hall–Kier alpha value is -0.790. The van der Waals surface area contributed by atoms with Crippen LogP contribution in [0.2, 0.25) is 0 Å². The van der Waals surface area contributed by atoms with Gasteiger partial charge in [0.25, 0.3) is 0 Å². The molecule has 1 saturated heterocycles. The highest BCUT2D eigenvalue weighted by molar-refractivity contribution is 5.79. The van der Waals surface area contributed by atoms with Crippen LogP contribution in [0.4, 0.5) is 0 Å². The molecule has 0 spiro atoms. The van der Waals surface area contributed by atoms with E-state index in [1.807, 2.05) is 0 Å². The molecule has 2 nitrogen and oxygen atoms in total. The van der Waals surface area contributed by atoms with Gasteiger partial charge in [-0.2, -0.15) is 0 Å². The van der Waals surface area contributed by atoms with E-state index in [-0.39, 0.29) is 5.91 Å². The summed E-state index contributed by atoms with van der Waals surface area (Å²) in [5, 5.41) is 3.12. The number of carbonyl (C=O) groups excluding carboxylic acids is 1. The Labute approximate surface area is 84.8 Å². The fourth-order valence-electron chi connectivity index (χ4n) is 3.30. The summed E-state index contributed by atoms with van der Waals surface area (Å²) in [5.41, 5.74) is 3.38. The lowest BCUT2D eigenvalue weighted by Gasteiger charge is -2.32. The molecular weight excluding hydrogens is 174 g/mol. The molecule has 0 aromatic carbocycles. The van der Waals surface area contributed by atoms with Gasteiger partial charge < -0.3 is 5.32 Å². The number of hydrogen-bond donors (Lipinski definition) is 1. The highest BCUT2D eigenvalue weighted by atomic mass is 16.2. The SMILES string of the molecule is O=C1C[C@H]2CC3=C(CCCC3)C[C@H]2N1. The summed E-state index contributed by atoms with van der Waals surface area (Å²) in [6, 6.07) is 0.486. The van der Waals surface area contributed by atoms with Crippen LogP contribution in [0.25, 0.3) is 0 Å². The first kappa shape index (κ1) is 8.51. The standard InChI is InChI=1S/C12H17NO/c14-12-7-10-5-8-3-1-2-4-9(8)6-11(10)13-12/h10-11H,1-7H2,(H,13,14)/t10-,11-/m1/s1. The normalized spacial score (nSPS) is 36.4. The lowest BCUT2D eigenvalue weighted by molar-refractivity contribution is -0.119. The van der Waals surface area contributed by atoms with Crippen molar-refractivity contribution in [2.75, 3.05) is 0 Å². The van der Waals surface area contributed by atoms with Crippen LogP contribution in [0.3, 0.4) is 0 Å². The number of nitrogens with one attached hydrogen (secondary N) is 1. The Morgan fingerprint density at radius 1 is 1.00 bits per heavy atom. The summed E-state index contributed by atoms with van der Waals surface area (Å²) in [5.74, 6) is 0.902. The van der Waals surface area contributed by atoms with Crippen molar-refractivity contribution < 1.29 is 4.79 Å². The van der Waals surface area contributed by atoms with Crippen LogP contribution in [0.15, 0.2) is 11.1 Å². The van der Waals surface area contributed by atoms with Crippen LogP contribution in [0.1, 0.15) is 44.9 Å². The Balaban J connectivity index is 1.83. The van der Waals surface area contributed by atoms with E-state index in [9.17, 15) is 4.79 Å². The molecule has 76 valence electrons. The monoisotopic (exact) mass is 191 g/mol. The first-order chi connectivity index (χ1) is 6.83. The van der Waals surface area contributed by atoms with Crippen molar-refractivity contribution in [2.45, 2.75) is 51.0 Å². The van der Waals surface area contributed by atoms with E-state index in [1.165, 1.54) is 32.1 Å². The third-order valence-electron chi connectivity index (χ3n) is 4.05. The van der Waals surface area contributed by atoms with E-state index in [4.69, 9.17) is 0 Å². The van der Waals surface area contributed by atoms with Gasteiger partial charge in [0.2, 0.25) is 5.91 Å². The highest BCUT2D eigenvalue weighted by Gasteiger charge is 2.37. The number of rotatable bonds is 0. The van der Waals surface area contributed by atoms with Gasteiger partial charge in [0.05, 0.1) is 0 Å². The molecule has 1 heterocycles. The van der Waals surface area contributed by atoms with E-state index in [0.717, 1.165) is 12.8 Å². The molecule has 0 unspecified atom stereocenters. The van der Waals surface area contributed by atoms with Gasteiger partial charge in [0, 0.05) is 12.5 Å². The zero-order chi connectivity index (χ0) is 9.54. The second kappa shape index (κ2) is 3.11. The van der Waals surface area contributed by atoms with E-state index >= 15 is 0 Å². The molecule has 1 N–H and O–H groups in total. The summed E-state index contributed by atoms with van der Waals surface area (Å²) < 4.78 is 0. The van der Waals surface area contributed by atoms with Crippen molar-refractivity contribution >= 4 is 5.91 Å². The Morgan fingerprint density at radius 2 is 1.71 bits per heavy atom. The van der Waals surface area contributed by atoms with E-state index in [1.54, 1.807) is 11.1 Å². The molecule has 0 radical (unpaired) electrons. The van der Waals surface area contributed by atoms with Crippen molar-refractivity contribution in [3.63, 3.8) is 0 Å². The maximum absolute atomic E-state index is 11.3. The lowest BCUT2D eigenvalue weighted by Crippen LogP contribution is -2.33. The smallest absolute Gasteiger partial charge is 0.220 e. The average Bonchev–Trinajstić information content (AvgIpc) is 2.53. The number of amides is 1. The maximum Gasteiger partial charge on any atom is 0.220 e. The van der Waals surface area contributed by atoms with Crippen molar-refractivity contribution in [1.82, 2.24) is 5.32 Å². The Kier molecular flexibility index (Phi) is 1.89. The summed E-state index contributed by atoms with van der Waals surface area (Å²) in [6.45, 7) is 0. The van der Waals surface area contributed by atoms with Gasteiger partial charge in [0.1, 0.15) is 0 Å². The number of allylic oxidation sites excluding steroid dienone is 1. The van der Waals surface area contributed by atoms with Gasteiger partial charge >= 0.3 is 0 Å². The molecule has 2 heteroatoms. The zero-order valence-electron chi connectivity index (χ0n) is 8.51. The average molecular weight is 191 g/mol. The molecule has 2 atom stereocenters. The molecule has 14 heavy (non-hydrogen) atoms. The topological polar surface area (TPSA) is 29.1 Å². The molecule has 1 amide bonds. The molecule has 2 aliphatic carbocycles. The molecule has 0 aromatic heterocycles. The minimum Gasteiger partial charge on any atom is -0.353 e. The summed E-state index contributed by atoms with van der Waals surface area (Å²) in [7, 11) is 0. The Bertz CT molecular complexity index is 277. The van der Waals surface area contributed by atoms with Crippen molar-refractivity contribution in [3.05, 3.63) is 11.1 Å². The van der Waals surface area contributed by atoms with Crippen LogP contribution in [-0.2, 0) is 4.79 Å². The van der Waals surface area contributed by atoms with E-state index in [2.05, 4.69) is 5.32 Å². The molecular formula is C12H17NO. The first-order valence-corrected chi connectivity index (χ1v) is 5.82. The van der Waals surface area contributed by atoms with Crippen LogP contribution >= 0.6 is 0 Å². The van der Waals surface area contributed by atoms with Crippen LogP contribution in [-0.4, -0.2) is 11.9 Å². The largest absolute Gasteiger partial charge is 0.353 e. The predicted molar refractivity (Wildman–Crippen MR) is 54.8 cm³/mol. The summed E-state index contributed by atoms with van der Waals surface area (Å²) >= 11 is 0. The van der Waals surface area contributed by atoms with Crippen molar-refractivity contribution in [3.8, 4) is 0 Å². The first-order valence-electron chi connectivity index (χ1n) is 5.82. The van der Waals surface area contributed by atoms with Gasteiger partial charge in [-0.15, -0.1) is 0 Å². The quantitative estimate of drug-likeness (QED) is 0.584. The predicted octanol–water partition coefficient (Wildman–Crippen LogP) is 2.16. The van der Waals surface area contributed by atoms with Crippen LogP contribution < -0.4 is 5.32 Å². The number of fused-ring (bicyclic) bond motifs is 1. The fourth-order valence-corrected chi connectivity index (χ4v) is 3.30. The van der Waals surface area contributed by atoms with Gasteiger partial charge in [-0.25, -0.2) is 0 Å². The minimum absolute atomic E-state index is 0.278. The lowest BCUT2D eigenvalue weighted by atomic mass is 9.75. The molecule has 0 saturated carbocycles. The second-order valence-electron chi connectivity index (χ2n) is 4.96. The molecule has 3 aliphatic rings. The molecule has 0 bridgehead atoms. The second-order valence-corrected chi connectivity index (χ2v) is 4.96. The third kappa shape index (κ3) is 1.28. The minimum atomic E-state index is 0.278. The number of hydrogen-bond acceptors (Lipinski definition) is 1. The third-order valence-corrected chi connectivity index (χ3v) is 4.05. The Morgan fingerprint density at radius 3 is 2.50 bits per heavy atom. The van der Waals surface area contributed by atoms with Gasteiger partial charge in [-0.05, 0) is 44.4 Å².